The van der Waals surface area contributed by atoms with Crippen LogP contribution in [-0.4, -0.2) is 22.8 Å². The standard InChI is InChI=1S/C12H17N3O2/c1-4-8(3)15-12(17)10-9(11(13)16)5-7(2)6-14-10/h5-6,8H,4H2,1-3H3,(H2,13,16)(H,15,17). The lowest BCUT2D eigenvalue weighted by Gasteiger charge is -2.12. The number of primary amides is 1. The second-order valence-electron chi connectivity index (χ2n) is 4.06. The van der Waals surface area contributed by atoms with Gasteiger partial charge >= 0.3 is 0 Å². The number of carbonyl (C=O) groups excluding carboxylic acids is 2. The van der Waals surface area contributed by atoms with E-state index in [1.165, 1.54) is 6.20 Å². The van der Waals surface area contributed by atoms with E-state index in [1.54, 1.807) is 13.0 Å². The molecule has 5 heteroatoms. The molecule has 0 aliphatic carbocycles. The maximum Gasteiger partial charge on any atom is 0.270 e. The minimum absolute atomic E-state index is 0.0336. The number of hydrogen-bond donors (Lipinski definition) is 2. The van der Waals surface area contributed by atoms with Gasteiger partial charge in [-0.2, -0.15) is 0 Å². The van der Waals surface area contributed by atoms with E-state index in [0.29, 0.717) is 0 Å². The highest BCUT2D eigenvalue weighted by atomic mass is 16.2. The van der Waals surface area contributed by atoms with E-state index in [-0.39, 0.29) is 23.2 Å². The third kappa shape index (κ3) is 3.27. The summed E-state index contributed by atoms with van der Waals surface area (Å²) in [6.07, 6.45) is 2.35. The van der Waals surface area contributed by atoms with Crippen molar-refractivity contribution in [2.75, 3.05) is 0 Å². The number of rotatable bonds is 4. The summed E-state index contributed by atoms with van der Waals surface area (Å²) in [6, 6.07) is 1.60. The molecule has 0 saturated heterocycles. The summed E-state index contributed by atoms with van der Waals surface area (Å²) >= 11 is 0. The molecule has 0 saturated carbocycles. The van der Waals surface area contributed by atoms with Crippen molar-refractivity contribution in [3.05, 3.63) is 29.1 Å². The Labute approximate surface area is 100 Å². The molecule has 1 atom stereocenters. The third-order valence-corrected chi connectivity index (χ3v) is 2.49. The molecule has 0 aliphatic rings. The molecule has 5 nitrogen and oxygen atoms in total. The van der Waals surface area contributed by atoms with E-state index >= 15 is 0 Å². The molecule has 1 heterocycles. The first kappa shape index (κ1) is 13.2. The van der Waals surface area contributed by atoms with Crippen LogP contribution in [0, 0.1) is 6.92 Å². The van der Waals surface area contributed by atoms with E-state index in [1.807, 2.05) is 13.8 Å². The van der Waals surface area contributed by atoms with Gasteiger partial charge in [-0.3, -0.25) is 9.59 Å². The van der Waals surface area contributed by atoms with Crippen LogP contribution in [0.4, 0.5) is 0 Å². The van der Waals surface area contributed by atoms with Crippen LogP contribution in [0.5, 0.6) is 0 Å². The molecule has 1 aromatic heterocycles. The minimum atomic E-state index is -0.643. The Morgan fingerprint density at radius 2 is 2.18 bits per heavy atom. The molecule has 1 aromatic rings. The molecule has 17 heavy (non-hydrogen) atoms. The zero-order valence-electron chi connectivity index (χ0n) is 10.3. The van der Waals surface area contributed by atoms with Crippen LogP contribution in [0.15, 0.2) is 12.3 Å². The smallest absolute Gasteiger partial charge is 0.270 e. The summed E-state index contributed by atoms with van der Waals surface area (Å²) in [4.78, 5) is 27.1. The SMILES string of the molecule is CCC(C)NC(=O)c1ncc(C)cc1C(N)=O. The van der Waals surface area contributed by atoms with Crippen molar-refractivity contribution in [3.8, 4) is 0 Å². The number of pyridine rings is 1. The van der Waals surface area contributed by atoms with Gasteiger partial charge in [-0.15, -0.1) is 0 Å². The molecular formula is C12H17N3O2. The number of nitrogens with two attached hydrogens (primary N) is 1. The van der Waals surface area contributed by atoms with E-state index in [4.69, 9.17) is 5.73 Å². The highest BCUT2D eigenvalue weighted by Gasteiger charge is 2.18. The second kappa shape index (κ2) is 5.43. The summed E-state index contributed by atoms with van der Waals surface area (Å²) in [7, 11) is 0. The van der Waals surface area contributed by atoms with Gasteiger partial charge in [-0.25, -0.2) is 4.98 Å². The van der Waals surface area contributed by atoms with Crippen molar-refractivity contribution in [3.63, 3.8) is 0 Å². The van der Waals surface area contributed by atoms with Crippen molar-refractivity contribution < 1.29 is 9.59 Å². The molecule has 92 valence electrons. The Bertz CT molecular complexity index is 443. The highest BCUT2D eigenvalue weighted by molar-refractivity contribution is 6.05. The van der Waals surface area contributed by atoms with Crippen LogP contribution in [0.3, 0.4) is 0 Å². The average Bonchev–Trinajstić information content (AvgIpc) is 2.28. The molecule has 0 bridgehead atoms. The number of nitrogens with zero attached hydrogens (tertiary/aromatic N) is 1. The fourth-order valence-corrected chi connectivity index (χ4v) is 1.33. The van der Waals surface area contributed by atoms with Crippen molar-refractivity contribution >= 4 is 11.8 Å². The van der Waals surface area contributed by atoms with Crippen LogP contribution in [-0.2, 0) is 0 Å². The highest BCUT2D eigenvalue weighted by Crippen LogP contribution is 2.08. The Morgan fingerprint density at radius 1 is 1.53 bits per heavy atom. The van der Waals surface area contributed by atoms with Crippen molar-refractivity contribution in [2.45, 2.75) is 33.2 Å². The zero-order chi connectivity index (χ0) is 13.0. The number of carbonyl (C=O) groups is 2. The lowest BCUT2D eigenvalue weighted by molar-refractivity contribution is 0.0919. The van der Waals surface area contributed by atoms with Gasteiger partial charge in [0.2, 0.25) is 0 Å². The maximum atomic E-state index is 11.9. The van der Waals surface area contributed by atoms with Crippen LogP contribution >= 0.6 is 0 Å². The second-order valence-corrected chi connectivity index (χ2v) is 4.06. The summed E-state index contributed by atoms with van der Waals surface area (Å²) in [6.45, 7) is 5.63. The van der Waals surface area contributed by atoms with Crippen molar-refractivity contribution in [1.29, 1.82) is 0 Å². The maximum absolute atomic E-state index is 11.9. The van der Waals surface area contributed by atoms with Crippen molar-refractivity contribution in [1.82, 2.24) is 10.3 Å². The van der Waals surface area contributed by atoms with E-state index < -0.39 is 5.91 Å². The largest absolute Gasteiger partial charge is 0.366 e. The van der Waals surface area contributed by atoms with Crippen LogP contribution in [0.1, 0.15) is 46.7 Å². The first-order valence-electron chi connectivity index (χ1n) is 5.53. The lowest BCUT2D eigenvalue weighted by atomic mass is 10.1. The Morgan fingerprint density at radius 3 is 2.71 bits per heavy atom. The van der Waals surface area contributed by atoms with Gasteiger partial charge in [0.15, 0.2) is 0 Å². The normalized spacial score (nSPS) is 11.9. The van der Waals surface area contributed by atoms with Gasteiger partial charge in [0.1, 0.15) is 5.69 Å². The molecule has 0 radical (unpaired) electrons. The molecular weight excluding hydrogens is 218 g/mol. The molecule has 2 amide bonds. The predicted molar refractivity (Wildman–Crippen MR) is 64.7 cm³/mol. The lowest BCUT2D eigenvalue weighted by Crippen LogP contribution is -2.34. The van der Waals surface area contributed by atoms with Gasteiger partial charge < -0.3 is 11.1 Å². The van der Waals surface area contributed by atoms with Crippen LogP contribution in [0.2, 0.25) is 0 Å². The molecule has 0 aromatic carbocycles. The number of hydrogen-bond acceptors (Lipinski definition) is 3. The molecule has 0 spiro atoms. The first-order chi connectivity index (χ1) is 7.95. The van der Waals surface area contributed by atoms with E-state index in [9.17, 15) is 9.59 Å². The number of aromatic nitrogens is 1. The molecule has 0 aliphatic heterocycles. The van der Waals surface area contributed by atoms with Gasteiger partial charge in [0, 0.05) is 12.2 Å². The molecule has 1 unspecified atom stereocenters. The quantitative estimate of drug-likeness (QED) is 0.817. The summed E-state index contributed by atoms with van der Waals surface area (Å²) in [5.74, 6) is -1.01. The molecule has 1 rings (SSSR count). The van der Waals surface area contributed by atoms with Gasteiger partial charge in [0.25, 0.3) is 11.8 Å². The molecule has 3 N–H and O–H groups in total. The van der Waals surface area contributed by atoms with Crippen LogP contribution in [0.25, 0.3) is 0 Å². The topological polar surface area (TPSA) is 85.1 Å². The fraction of sp³-hybridized carbons (Fsp3) is 0.417. The monoisotopic (exact) mass is 235 g/mol. The predicted octanol–water partition coefficient (Wildman–Crippen LogP) is 1.02. The minimum Gasteiger partial charge on any atom is -0.366 e. The van der Waals surface area contributed by atoms with Gasteiger partial charge in [-0.1, -0.05) is 6.92 Å². The zero-order valence-corrected chi connectivity index (χ0v) is 10.3. The number of aryl methyl sites for hydroxylation is 1. The summed E-state index contributed by atoms with van der Waals surface area (Å²) in [5.41, 5.74) is 6.26. The van der Waals surface area contributed by atoms with Crippen molar-refractivity contribution in [2.24, 2.45) is 5.73 Å². The van der Waals surface area contributed by atoms with E-state index in [0.717, 1.165) is 12.0 Å². The summed E-state index contributed by atoms with van der Waals surface area (Å²) < 4.78 is 0. The molecule has 0 fully saturated rings. The first-order valence-corrected chi connectivity index (χ1v) is 5.53. The Balaban J connectivity index is 3.04. The summed E-state index contributed by atoms with van der Waals surface area (Å²) in [5, 5.41) is 2.75. The van der Waals surface area contributed by atoms with E-state index in [2.05, 4.69) is 10.3 Å². The third-order valence-electron chi connectivity index (χ3n) is 2.49. The van der Waals surface area contributed by atoms with Gasteiger partial charge in [0.05, 0.1) is 5.56 Å². The number of amides is 2. The Kier molecular flexibility index (Phi) is 4.20. The van der Waals surface area contributed by atoms with Gasteiger partial charge in [-0.05, 0) is 31.9 Å². The Hall–Kier alpha value is -1.91. The van der Waals surface area contributed by atoms with Crippen LogP contribution < -0.4 is 11.1 Å². The fourth-order valence-electron chi connectivity index (χ4n) is 1.33. The average molecular weight is 235 g/mol. The number of nitrogens with one attached hydrogen (secondary N) is 1.